The van der Waals surface area contributed by atoms with Crippen LogP contribution in [0.1, 0.15) is 17.4 Å². The highest BCUT2D eigenvalue weighted by atomic mass is 35.5. The van der Waals surface area contributed by atoms with Crippen LogP contribution in [-0.4, -0.2) is 15.0 Å². The van der Waals surface area contributed by atoms with Gasteiger partial charge < -0.3 is 0 Å². The maximum Gasteiger partial charge on any atom is 0.265 e. The lowest BCUT2D eigenvalue weighted by atomic mass is 10.2. The van der Waals surface area contributed by atoms with Gasteiger partial charge in [-0.05, 0) is 36.9 Å². The molecule has 0 fully saturated rings. The number of hydrogen-bond donors (Lipinski definition) is 0. The Bertz CT molecular complexity index is 695. The number of anilines is 1. The molecule has 1 aromatic heterocycles. The zero-order valence-corrected chi connectivity index (χ0v) is 13.7. The fourth-order valence-corrected chi connectivity index (χ4v) is 5.30. The third kappa shape index (κ3) is 2.71. The van der Waals surface area contributed by atoms with E-state index in [1.807, 2.05) is 38.1 Å². The molecule has 1 aromatic carbocycles. The van der Waals surface area contributed by atoms with Crippen molar-refractivity contribution in [2.24, 2.45) is 0 Å². The summed E-state index contributed by atoms with van der Waals surface area (Å²) in [6.45, 7) is 4.12. The van der Waals surface area contributed by atoms with Crippen molar-refractivity contribution in [1.82, 2.24) is 0 Å². The highest BCUT2D eigenvalue weighted by molar-refractivity contribution is 7.93. The molecule has 2 rings (SSSR count). The Morgan fingerprint density at radius 3 is 2.55 bits per heavy atom. The van der Waals surface area contributed by atoms with Crippen LogP contribution < -0.4 is 4.31 Å². The van der Waals surface area contributed by atoms with Crippen molar-refractivity contribution in [3.05, 3.63) is 46.2 Å². The van der Waals surface area contributed by atoms with Crippen LogP contribution in [0.15, 0.2) is 40.6 Å². The number of sulfonamides is 1. The molecule has 0 radical (unpaired) electrons. The van der Waals surface area contributed by atoms with E-state index in [1.165, 1.54) is 15.6 Å². The molecule has 0 aliphatic rings. The zero-order valence-electron chi connectivity index (χ0n) is 11.3. The molecular weight excluding hydrogens is 314 g/mol. The lowest BCUT2D eigenvalue weighted by Crippen LogP contribution is -2.31. The van der Waals surface area contributed by atoms with Gasteiger partial charge in [-0.3, -0.25) is 4.31 Å². The molecule has 0 saturated heterocycles. The Balaban J connectivity index is 2.54. The van der Waals surface area contributed by atoms with Gasteiger partial charge in [-0.25, -0.2) is 8.42 Å². The van der Waals surface area contributed by atoms with Gasteiger partial charge in [0.15, 0.2) is 0 Å². The second-order valence-electron chi connectivity index (χ2n) is 4.30. The standard InChI is InChI=1S/C14H16ClNO2S2/c1-3-16(12-7-5-4-6-11(12)2)20(17,18)14-8-9-19-13(14)10-15/h4-9H,3,10H2,1-2H3. The third-order valence-electron chi connectivity index (χ3n) is 3.07. The molecule has 3 nitrogen and oxygen atoms in total. The van der Waals surface area contributed by atoms with E-state index < -0.39 is 10.0 Å². The van der Waals surface area contributed by atoms with Crippen LogP contribution in [0, 0.1) is 6.92 Å². The molecule has 0 N–H and O–H groups in total. The van der Waals surface area contributed by atoms with Crippen LogP contribution in [0.5, 0.6) is 0 Å². The van der Waals surface area contributed by atoms with Crippen LogP contribution >= 0.6 is 22.9 Å². The minimum Gasteiger partial charge on any atom is -0.266 e. The number of nitrogens with zero attached hydrogens (tertiary/aromatic N) is 1. The fraction of sp³-hybridized carbons (Fsp3) is 0.286. The Morgan fingerprint density at radius 1 is 1.25 bits per heavy atom. The van der Waals surface area contributed by atoms with E-state index in [0.717, 1.165) is 5.56 Å². The maximum atomic E-state index is 12.8. The minimum atomic E-state index is -3.57. The van der Waals surface area contributed by atoms with Crippen molar-refractivity contribution in [2.75, 3.05) is 10.8 Å². The second-order valence-corrected chi connectivity index (χ2v) is 7.40. The number of para-hydroxylation sites is 1. The summed E-state index contributed by atoms with van der Waals surface area (Å²) in [5.74, 6) is 0.206. The van der Waals surface area contributed by atoms with Gasteiger partial charge in [0.05, 0.1) is 11.6 Å². The third-order valence-corrected chi connectivity index (χ3v) is 6.51. The number of aryl methyl sites for hydroxylation is 1. The van der Waals surface area contributed by atoms with Crippen LogP contribution in [0.2, 0.25) is 0 Å². The molecule has 2 aromatic rings. The van der Waals surface area contributed by atoms with Gasteiger partial charge in [0, 0.05) is 11.4 Å². The number of thiophene rings is 1. The number of benzene rings is 1. The van der Waals surface area contributed by atoms with Gasteiger partial charge in [-0.1, -0.05) is 18.2 Å². The van der Waals surface area contributed by atoms with E-state index in [9.17, 15) is 8.42 Å². The molecule has 0 aliphatic heterocycles. The summed E-state index contributed by atoms with van der Waals surface area (Å²) < 4.78 is 27.1. The molecule has 6 heteroatoms. The Kier molecular flexibility index (Phi) is 4.73. The Labute approximate surface area is 128 Å². The number of hydrogen-bond acceptors (Lipinski definition) is 3. The molecule has 0 atom stereocenters. The van der Waals surface area contributed by atoms with Crippen LogP contribution in [0.4, 0.5) is 5.69 Å². The quantitative estimate of drug-likeness (QED) is 0.777. The van der Waals surface area contributed by atoms with Gasteiger partial charge in [0.1, 0.15) is 4.90 Å². The van der Waals surface area contributed by atoms with Gasteiger partial charge in [-0.2, -0.15) is 0 Å². The summed E-state index contributed by atoms with van der Waals surface area (Å²) >= 11 is 7.20. The second kappa shape index (κ2) is 6.16. The first-order chi connectivity index (χ1) is 9.52. The largest absolute Gasteiger partial charge is 0.266 e. The van der Waals surface area contributed by atoms with Gasteiger partial charge >= 0.3 is 0 Å². The van der Waals surface area contributed by atoms with Crippen molar-refractivity contribution in [3.8, 4) is 0 Å². The lowest BCUT2D eigenvalue weighted by molar-refractivity contribution is 0.591. The van der Waals surface area contributed by atoms with Gasteiger partial charge in [0.25, 0.3) is 10.0 Å². The van der Waals surface area contributed by atoms with Gasteiger partial charge in [0.2, 0.25) is 0 Å². The average Bonchev–Trinajstić information content (AvgIpc) is 2.90. The number of alkyl halides is 1. The van der Waals surface area contributed by atoms with E-state index in [0.29, 0.717) is 22.0 Å². The Morgan fingerprint density at radius 2 is 1.95 bits per heavy atom. The zero-order chi connectivity index (χ0) is 14.8. The molecule has 0 saturated carbocycles. The first-order valence-electron chi connectivity index (χ1n) is 6.23. The Hall–Kier alpha value is -1.04. The normalized spacial score (nSPS) is 11.6. The van der Waals surface area contributed by atoms with Crippen molar-refractivity contribution in [3.63, 3.8) is 0 Å². The predicted octanol–water partition coefficient (Wildman–Crippen LogP) is 4.01. The first kappa shape index (κ1) is 15.4. The van der Waals surface area contributed by atoms with Gasteiger partial charge in [-0.15, -0.1) is 22.9 Å². The van der Waals surface area contributed by atoms with E-state index in [2.05, 4.69) is 0 Å². The lowest BCUT2D eigenvalue weighted by Gasteiger charge is -2.24. The molecule has 0 aliphatic carbocycles. The maximum absolute atomic E-state index is 12.8. The number of rotatable bonds is 5. The fourth-order valence-electron chi connectivity index (χ4n) is 2.09. The highest BCUT2D eigenvalue weighted by Crippen LogP contribution is 2.31. The van der Waals surface area contributed by atoms with E-state index in [1.54, 1.807) is 11.4 Å². The monoisotopic (exact) mass is 329 g/mol. The summed E-state index contributed by atoms with van der Waals surface area (Å²) in [6, 6.07) is 9.09. The minimum absolute atomic E-state index is 0.206. The highest BCUT2D eigenvalue weighted by Gasteiger charge is 2.27. The SMILES string of the molecule is CCN(c1ccccc1C)S(=O)(=O)c1ccsc1CCl. The van der Waals surface area contributed by atoms with Crippen molar-refractivity contribution >= 4 is 38.6 Å². The average molecular weight is 330 g/mol. The molecule has 108 valence electrons. The predicted molar refractivity (Wildman–Crippen MR) is 85.3 cm³/mol. The van der Waals surface area contributed by atoms with Crippen molar-refractivity contribution < 1.29 is 8.42 Å². The van der Waals surface area contributed by atoms with Crippen molar-refractivity contribution in [1.29, 1.82) is 0 Å². The summed E-state index contributed by atoms with van der Waals surface area (Å²) in [6.07, 6.45) is 0. The molecule has 1 heterocycles. The summed E-state index contributed by atoms with van der Waals surface area (Å²) in [4.78, 5) is 0.987. The molecule has 0 amide bonds. The first-order valence-corrected chi connectivity index (χ1v) is 9.08. The van der Waals surface area contributed by atoms with Crippen LogP contribution in [0.25, 0.3) is 0 Å². The summed E-state index contributed by atoms with van der Waals surface area (Å²) in [5, 5.41) is 1.76. The molecule has 0 spiro atoms. The summed E-state index contributed by atoms with van der Waals surface area (Å²) in [7, 11) is -3.57. The molecule has 20 heavy (non-hydrogen) atoms. The smallest absolute Gasteiger partial charge is 0.265 e. The van der Waals surface area contributed by atoms with Crippen LogP contribution in [-0.2, 0) is 15.9 Å². The van der Waals surface area contributed by atoms with Crippen molar-refractivity contribution in [2.45, 2.75) is 24.6 Å². The summed E-state index contributed by atoms with van der Waals surface area (Å²) in [5.41, 5.74) is 1.64. The molecule has 0 bridgehead atoms. The number of halogens is 1. The topological polar surface area (TPSA) is 37.4 Å². The van der Waals surface area contributed by atoms with E-state index in [4.69, 9.17) is 11.6 Å². The molecule has 0 unspecified atom stereocenters. The van der Waals surface area contributed by atoms with E-state index in [-0.39, 0.29) is 5.88 Å². The van der Waals surface area contributed by atoms with E-state index >= 15 is 0 Å². The van der Waals surface area contributed by atoms with Crippen LogP contribution in [0.3, 0.4) is 0 Å². The molecular formula is C14H16ClNO2S2.